The summed E-state index contributed by atoms with van der Waals surface area (Å²) in [5.41, 5.74) is 3.73. The molecule has 0 radical (unpaired) electrons. The van der Waals surface area contributed by atoms with Crippen LogP contribution in [-0.4, -0.2) is 30.6 Å². The van der Waals surface area contributed by atoms with Crippen molar-refractivity contribution in [1.82, 2.24) is 19.5 Å². The number of anilines is 3. The summed E-state index contributed by atoms with van der Waals surface area (Å²) in [6.07, 6.45) is 7.72. The van der Waals surface area contributed by atoms with E-state index in [9.17, 15) is 9.18 Å². The second kappa shape index (κ2) is 10.1. The summed E-state index contributed by atoms with van der Waals surface area (Å²) < 4.78 is 15.4. The lowest BCUT2D eigenvalue weighted by Gasteiger charge is -2.14. The number of carboxylic acids is 1. The van der Waals surface area contributed by atoms with Crippen molar-refractivity contribution in [1.29, 1.82) is 0 Å². The molecule has 10 heteroatoms. The maximum atomic E-state index is 13.5. The Bertz CT molecular complexity index is 1370. The number of hydrogen-bond acceptors (Lipinski definition) is 6. The largest absolute Gasteiger partial charge is 0.478 e. The molecule has 8 nitrogen and oxygen atoms in total. The van der Waals surface area contributed by atoms with Crippen LogP contribution >= 0.6 is 11.6 Å². The maximum absolute atomic E-state index is 13.5. The van der Waals surface area contributed by atoms with Gasteiger partial charge in [0.05, 0.1) is 23.6 Å². The minimum atomic E-state index is -1.02. The van der Waals surface area contributed by atoms with E-state index in [2.05, 4.69) is 25.6 Å². The highest BCUT2D eigenvalue weighted by Crippen LogP contribution is 2.29. The normalized spacial score (nSPS) is 11.0. The van der Waals surface area contributed by atoms with E-state index >= 15 is 0 Å². The van der Waals surface area contributed by atoms with Crippen LogP contribution in [0.15, 0.2) is 67.3 Å². The van der Waals surface area contributed by atoms with E-state index in [1.165, 1.54) is 18.2 Å². The summed E-state index contributed by atoms with van der Waals surface area (Å²) in [7, 11) is 1.90. The summed E-state index contributed by atoms with van der Waals surface area (Å²) in [5.74, 6) is -0.699. The van der Waals surface area contributed by atoms with Gasteiger partial charge in [0.1, 0.15) is 11.6 Å². The van der Waals surface area contributed by atoms with Crippen LogP contribution in [0.1, 0.15) is 11.3 Å². The van der Waals surface area contributed by atoms with Crippen molar-refractivity contribution in [2.75, 3.05) is 10.6 Å². The van der Waals surface area contributed by atoms with E-state index in [0.29, 0.717) is 24.0 Å². The number of aliphatic carboxylic acids is 1. The van der Waals surface area contributed by atoms with Gasteiger partial charge in [0.2, 0.25) is 5.95 Å². The molecule has 0 unspecified atom stereocenters. The molecule has 172 valence electrons. The number of rotatable bonds is 8. The van der Waals surface area contributed by atoms with Crippen LogP contribution in [0.3, 0.4) is 0 Å². The number of carboxylic acid groups (broad SMARTS) is 1. The Hall–Kier alpha value is -4.24. The lowest BCUT2D eigenvalue weighted by atomic mass is 10.0. The van der Waals surface area contributed by atoms with E-state index in [-0.39, 0.29) is 5.02 Å². The van der Waals surface area contributed by atoms with E-state index in [0.717, 1.165) is 28.5 Å². The van der Waals surface area contributed by atoms with Gasteiger partial charge < -0.3 is 20.3 Å². The standard InChI is InChI=1S/C24H20ClFN6O2/c1-32-14-27-11-18(32)12-28-23-19(16-4-2-3-15(9-16)5-8-22(33)34)13-29-24(31-23)30-17-6-7-21(26)20(25)10-17/h2-11,13-14H,12H2,1H3,(H,33,34)(H2,28,29,30,31). The summed E-state index contributed by atoms with van der Waals surface area (Å²) in [4.78, 5) is 24.0. The molecular weight excluding hydrogens is 459 g/mol. The monoisotopic (exact) mass is 478 g/mol. The first kappa shape index (κ1) is 22.9. The van der Waals surface area contributed by atoms with E-state index in [1.807, 2.05) is 29.8 Å². The topological polar surface area (TPSA) is 105 Å². The molecule has 0 atom stereocenters. The molecular formula is C24H20ClFN6O2. The highest BCUT2D eigenvalue weighted by molar-refractivity contribution is 6.31. The Morgan fingerprint density at radius 3 is 2.82 bits per heavy atom. The third kappa shape index (κ3) is 5.57. The minimum absolute atomic E-state index is 0.0117. The number of imidazole rings is 1. The molecule has 0 saturated carbocycles. The number of aromatic nitrogens is 4. The molecule has 2 aromatic carbocycles. The van der Waals surface area contributed by atoms with Crippen LogP contribution in [0.4, 0.5) is 21.8 Å². The number of halogens is 2. The van der Waals surface area contributed by atoms with Crippen molar-refractivity contribution < 1.29 is 14.3 Å². The molecule has 0 aliphatic heterocycles. The third-order valence-electron chi connectivity index (χ3n) is 4.93. The van der Waals surface area contributed by atoms with Gasteiger partial charge in [-0.25, -0.2) is 19.2 Å². The number of nitrogens with zero attached hydrogens (tertiary/aromatic N) is 4. The van der Waals surface area contributed by atoms with Crippen molar-refractivity contribution in [3.8, 4) is 11.1 Å². The van der Waals surface area contributed by atoms with Crippen molar-refractivity contribution in [2.24, 2.45) is 7.05 Å². The van der Waals surface area contributed by atoms with Gasteiger partial charge in [-0.05, 0) is 41.5 Å². The second-order valence-corrected chi connectivity index (χ2v) is 7.76. The fraction of sp³-hybridized carbons (Fsp3) is 0.0833. The van der Waals surface area contributed by atoms with E-state index < -0.39 is 11.8 Å². The fourth-order valence-electron chi connectivity index (χ4n) is 3.20. The zero-order valence-corrected chi connectivity index (χ0v) is 18.8. The quantitative estimate of drug-likeness (QED) is 0.302. The number of benzene rings is 2. The van der Waals surface area contributed by atoms with Gasteiger partial charge in [-0.3, -0.25) is 0 Å². The average molecular weight is 479 g/mol. The van der Waals surface area contributed by atoms with Crippen LogP contribution in [-0.2, 0) is 18.4 Å². The van der Waals surface area contributed by atoms with E-state index in [1.54, 1.807) is 30.9 Å². The Labute approximate surface area is 199 Å². The van der Waals surface area contributed by atoms with Crippen molar-refractivity contribution in [3.05, 3.63) is 89.4 Å². The summed E-state index contributed by atoms with van der Waals surface area (Å²) in [5, 5.41) is 15.3. The van der Waals surface area contributed by atoms with Crippen LogP contribution in [0.5, 0.6) is 0 Å². The van der Waals surface area contributed by atoms with Gasteiger partial charge in [0.25, 0.3) is 0 Å². The molecule has 0 amide bonds. The van der Waals surface area contributed by atoms with Crippen LogP contribution in [0.2, 0.25) is 5.02 Å². The molecule has 3 N–H and O–H groups in total. The van der Waals surface area contributed by atoms with Crippen molar-refractivity contribution in [3.63, 3.8) is 0 Å². The third-order valence-corrected chi connectivity index (χ3v) is 5.22. The Morgan fingerprint density at radius 1 is 1.24 bits per heavy atom. The first-order valence-electron chi connectivity index (χ1n) is 10.2. The first-order chi connectivity index (χ1) is 16.4. The van der Waals surface area contributed by atoms with Gasteiger partial charge in [-0.15, -0.1) is 0 Å². The number of carbonyl (C=O) groups is 1. The fourth-order valence-corrected chi connectivity index (χ4v) is 3.38. The first-order valence-corrected chi connectivity index (χ1v) is 10.6. The van der Waals surface area contributed by atoms with Gasteiger partial charge in [0.15, 0.2) is 0 Å². The van der Waals surface area contributed by atoms with Crippen LogP contribution in [0, 0.1) is 5.82 Å². The Morgan fingerprint density at radius 2 is 2.09 bits per heavy atom. The SMILES string of the molecule is Cn1cncc1CNc1nc(Nc2ccc(F)c(Cl)c2)ncc1-c1cccc(C=CC(=O)O)c1. The molecule has 0 bridgehead atoms. The second-order valence-electron chi connectivity index (χ2n) is 7.36. The Kier molecular flexibility index (Phi) is 6.84. The molecule has 0 spiro atoms. The lowest BCUT2D eigenvalue weighted by molar-refractivity contribution is -0.131. The van der Waals surface area contributed by atoms with Crippen molar-refractivity contribution in [2.45, 2.75) is 6.54 Å². The molecule has 0 aliphatic rings. The van der Waals surface area contributed by atoms with Gasteiger partial charge >= 0.3 is 5.97 Å². The predicted molar refractivity (Wildman–Crippen MR) is 129 cm³/mol. The molecule has 2 aromatic heterocycles. The molecule has 4 aromatic rings. The van der Waals surface area contributed by atoms with Gasteiger partial charge in [-0.2, -0.15) is 4.98 Å². The zero-order chi connectivity index (χ0) is 24.1. The van der Waals surface area contributed by atoms with Crippen LogP contribution < -0.4 is 10.6 Å². The maximum Gasteiger partial charge on any atom is 0.328 e. The predicted octanol–water partition coefficient (Wildman–Crippen LogP) is 5.12. The van der Waals surface area contributed by atoms with Crippen LogP contribution in [0.25, 0.3) is 17.2 Å². The highest BCUT2D eigenvalue weighted by Gasteiger charge is 2.12. The molecule has 0 fully saturated rings. The molecule has 0 saturated heterocycles. The highest BCUT2D eigenvalue weighted by atomic mass is 35.5. The molecule has 4 rings (SSSR count). The Balaban J connectivity index is 1.68. The molecule has 2 heterocycles. The van der Waals surface area contributed by atoms with Gasteiger partial charge in [-0.1, -0.05) is 29.8 Å². The summed E-state index contributed by atoms with van der Waals surface area (Å²) in [6.45, 7) is 0.459. The lowest BCUT2D eigenvalue weighted by Crippen LogP contribution is -2.08. The average Bonchev–Trinajstić information content (AvgIpc) is 3.23. The molecule has 0 aliphatic carbocycles. The number of aryl methyl sites for hydroxylation is 1. The molecule has 34 heavy (non-hydrogen) atoms. The van der Waals surface area contributed by atoms with Crippen molar-refractivity contribution >= 4 is 41.1 Å². The smallest absolute Gasteiger partial charge is 0.328 e. The van der Waals surface area contributed by atoms with Gasteiger partial charge in [0, 0.05) is 36.8 Å². The van der Waals surface area contributed by atoms with E-state index in [4.69, 9.17) is 16.7 Å². The number of hydrogen-bond donors (Lipinski definition) is 3. The summed E-state index contributed by atoms with van der Waals surface area (Å²) in [6, 6.07) is 11.6. The zero-order valence-electron chi connectivity index (χ0n) is 18.0. The number of nitrogens with one attached hydrogen (secondary N) is 2. The summed E-state index contributed by atoms with van der Waals surface area (Å²) >= 11 is 5.88. The minimum Gasteiger partial charge on any atom is -0.478 e.